The first-order chi connectivity index (χ1) is 18.9. The molecule has 0 aliphatic carbocycles. The van der Waals surface area contributed by atoms with Gasteiger partial charge in [-0.05, 0) is 66.2 Å². The Kier molecular flexibility index (Phi) is 8.41. The van der Waals surface area contributed by atoms with Gasteiger partial charge in [0, 0.05) is 16.6 Å². The third kappa shape index (κ3) is 6.94. The van der Waals surface area contributed by atoms with Gasteiger partial charge in [-0.3, -0.25) is 4.99 Å². The average Bonchev–Trinajstić information content (AvgIpc) is 3.40. The summed E-state index contributed by atoms with van der Waals surface area (Å²) >= 11 is 5.59. The first-order valence-corrected chi connectivity index (χ1v) is 14.1. The SMILES string of the molecule is C[S+]([O-])CC/N=C/c1ccc(-c2ccc3ncnc(Nc4ccc(OCc5cccc(F)c5)c(Cl)c4)c3c2)o1. The molecular formula is C29H24ClFN4O3S. The van der Waals surface area contributed by atoms with E-state index in [0.717, 1.165) is 16.5 Å². The maximum Gasteiger partial charge on any atom is 0.145 e. The van der Waals surface area contributed by atoms with E-state index >= 15 is 0 Å². The highest BCUT2D eigenvalue weighted by atomic mass is 35.5. The summed E-state index contributed by atoms with van der Waals surface area (Å²) in [5.74, 6) is 2.58. The summed E-state index contributed by atoms with van der Waals surface area (Å²) in [7, 11) is 0. The van der Waals surface area contributed by atoms with Crippen LogP contribution in [-0.4, -0.2) is 39.3 Å². The fourth-order valence-electron chi connectivity index (χ4n) is 3.84. The zero-order valence-electron chi connectivity index (χ0n) is 20.9. The second-order valence-corrected chi connectivity index (χ2v) is 10.6. The van der Waals surface area contributed by atoms with Crippen LogP contribution in [0.2, 0.25) is 5.02 Å². The van der Waals surface area contributed by atoms with Gasteiger partial charge in [-0.15, -0.1) is 0 Å². The number of nitrogens with zero attached hydrogens (tertiary/aromatic N) is 3. The molecule has 2 heterocycles. The van der Waals surface area contributed by atoms with E-state index in [9.17, 15) is 8.94 Å². The molecule has 0 saturated carbocycles. The lowest BCUT2D eigenvalue weighted by molar-refractivity contribution is 0.306. The number of halogens is 2. The highest BCUT2D eigenvalue weighted by Crippen LogP contribution is 2.32. The molecule has 1 atom stereocenters. The molecule has 5 aromatic rings. The molecular weight excluding hydrogens is 539 g/mol. The van der Waals surface area contributed by atoms with Crippen molar-refractivity contribution >= 4 is 51.4 Å². The van der Waals surface area contributed by atoms with Crippen molar-refractivity contribution in [2.24, 2.45) is 4.99 Å². The average molecular weight is 563 g/mol. The van der Waals surface area contributed by atoms with Gasteiger partial charge in [0.25, 0.3) is 0 Å². The van der Waals surface area contributed by atoms with Crippen LogP contribution in [0.15, 0.2) is 88.5 Å². The number of nitrogens with one attached hydrogen (secondary N) is 1. The Bertz CT molecular complexity index is 1630. The molecule has 0 spiro atoms. The van der Waals surface area contributed by atoms with Crippen LogP contribution >= 0.6 is 11.6 Å². The molecule has 1 unspecified atom stereocenters. The van der Waals surface area contributed by atoms with Gasteiger partial charge >= 0.3 is 0 Å². The Morgan fingerprint density at radius 2 is 2.00 bits per heavy atom. The van der Waals surface area contributed by atoms with Crippen molar-refractivity contribution in [3.8, 4) is 17.1 Å². The predicted molar refractivity (Wildman–Crippen MR) is 154 cm³/mol. The monoisotopic (exact) mass is 562 g/mol. The van der Waals surface area contributed by atoms with Gasteiger partial charge in [0.1, 0.15) is 47.6 Å². The van der Waals surface area contributed by atoms with Gasteiger partial charge < -0.3 is 19.0 Å². The van der Waals surface area contributed by atoms with Crippen molar-refractivity contribution in [1.82, 2.24) is 9.97 Å². The van der Waals surface area contributed by atoms with Gasteiger partial charge in [-0.25, -0.2) is 14.4 Å². The number of anilines is 2. The minimum absolute atomic E-state index is 0.198. The molecule has 0 aliphatic rings. The van der Waals surface area contributed by atoms with E-state index in [1.807, 2.05) is 36.4 Å². The van der Waals surface area contributed by atoms with E-state index in [-0.39, 0.29) is 12.4 Å². The van der Waals surface area contributed by atoms with Gasteiger partial charge in [-0.1, -0.05) is 34.9 Å². The topological polar surface area (TPSA) is 95.6 Å². The second kappa shape index (κ2) is 12.3. The third-order valence-electron chi connectivity index (χ3n) is 5.75. The van der Waals surface area contributed by atoms with Crippen LogP contribution < -0.4 is 10.1 Å². The smallest absolute Gasteiger partial charge is 0.145 e. The molecule has 1 N–H and O–H groups in total. The zero-order chi connectivity index (χ0) is 27.2. The molecule has 0 amide bonds. The highest BCUT2D eigenvalue weighted by molar-refractivity contribution is 7.90. The molecule has 5 rings (SSSR count). The van der Waals surface area contributed by atoms with Crippen LogP contribution in [0.3, 0.4) is 0 Å². The molecule has 10 heteroatoms. The van der Waals surface area contributed by atoms with Gasteiger partial charge in [0.2, 0.25) is 0 Å². The number of ether oxygens (including phenoxy) is 1. The largest absolute Gasteiger partial charge is 0.617 e. The Hall–Kier alpha value is -3.92. The lowest BCUT2D eigenvalue weighted by atomic mass is 10.1. The fourth-order valence-corrected chi connectivity index (χ4v) is 4.44. The quantitative estimate of drug-likeness (QED) is 0.148. The molecule has 198 valence electrons. The zero-order valence-corrected chi connectivity index (χ0v) is 22.5. The third-order valence-corrected chi connectivity index (χ3v) is 6.80. The number of aromatic nitrogens is 2. The van der Waals surface area contributed by atoms with Gasteiger partial charge in [-0.2, -0.15) is 0 Å². The Morgan fingerprint density at radius 3 is 2.82 bits per heavy atom. The van der Waals surface area contributed by atoms with Crippen LogP contribution in [0.25, 0.3) is 22.2 Å². The summed E-state index contributed by atoms with van der Waals surface area (Å²) in [6.07, 6.45) is 4.79. The number of rotatable bonds is 10. The molecule has 0 aliphatic heterocycles. The summed E-state index contributed by atoms with van der Waals surface area (Å²) < 4.78 is 36.3. The maximum absolute atomic E-state index is 13.4. The molecule has 2 aromatic heterocycles. The molecule has 0 bridgehead atoms. The minimum Gasteiger partial charge on any atom is -0.617 e. The molecule has 0 fully saturated rings. The van der Waals surface area contributed by atoms with Crippen LogP contribution in [0, 0.1) is 5.82 Å². The van der Waals surface area contributed by atoms with Crippen molar-refractivity contribution in [1.29, 1.82) is 0 Å². The highest BCUT2D eigenvalue weighted by Gasteiger charge is 2.11. The van der Waals surface area contributed by atoms with Gasteiger partial charge in [0.05, 0.1) is 29.6 Å². The van der Waals surface area contributed by atoms with Crippen molar-refractivity contribution in [3.05, 3.63) is 101 Å². The van der Waals surface area contributed by atoms with E-state index in [2.05, 4.69) is 20.3 Å². The first kappa shape index (κ1) is 26.7. The molecule has 0 radical (unpaired) electrons. The summed E-state index contributed by atoms with van der Waals surface area (Å²) in [5.41, 5.74) is 3.04. The number of hydrogen-bond donors (Lipinski definition) is 1. The number of hydrogen-bond acceptors (Lipinski definition) is 7. The van der Waals surface area contributed by atoms with Crippen LogP contribution in [0.1, 0.15) is 11.3 Å². The standard InChI is InChI=1S/C29H24ClFN4O3S/c1-39(36)12-11-32-16-23-7-10-27(38-23)20-5-8-26-24(14-20)29(34-18-33-26)35-22-6-9-28(25(30)15-22)37-17-19-3-2-4-21(31)13-19/h2-10,13-16,18H,11-12,17H2,1H3,(H,33,34,35)/b32-16+. The number of fused-ring (bicyclic) bond motifs is 1. The molecule has 0 saturated heterocycles. The van der Waals surface area contributed by atoms with E-state index in [1.165, 1.54) is 18.5 Å². The van der Waals surface area contributed by atoms with Crippen LogP contribution in [0.4, 0.5) is 15.9 Å². The Balaban J connectivity index is 1.32. The summed E-state index contributed by atoms with van der Waals surface area (Å²) in [4.78, 5) is 13.1. The maximum atomic E-state index is 13.4. The second-order valence-electron chi connectivity index (χ2n) is 8.66. The molecule has 7 nitrogen and oxygen atoms in total. The summed E-state index contributed by atoms with van der Waals surface area (Å²) in [5, 5.41) is 4.51. The first-order valence-electron chi connectivity index (χ1n) is 12.0. The number of benzene rings is 3. The lowest BCUT2D eigenvalue weighted by Gasteiger charge is -2.12. The lowest BCUT2D eigenvalue weighted by Crippen LogP contribution is -2.05. The molecule has 3 aromatic carbocycles. The van der Waals surface area contributed by atoms with E-state index in [0.29, 0.717) is 51.7 Å². The predicted octanol–water partition coefficient (Wildman–Crippen LogP) is 6.80. The summed E-state index contributed by atoms with van der Waals surface area (Å²) in [6.45, 7) is 0.676. The van der Waals surface area contributed by atoms with Gasteiger partial charge in [0.15, 0.2) is 0 Å². The van der Waals surface area contributed by atoms with E-state index in [4.69, 9.17) is 20.8 Å². The van der Waals surface area contributed by atoms with Crippen molar-refractivity contribution < 1.29 is 18.1 Å². The van der Waals surface area contributed by atoms with E-state index < -0.39 is 11.2 Å². The van der Waals surface area contributed by atoms with Crippen LogP contribution in [0.5, 0.6) is 5.75 Å². The Morgan fingerprint density at radius 1 is 1.10 bits per heavy atom. The fraction of sp³-hybridized carbons (Fsp3) is 0.138. The number of furan rings is 1. The molecule has 39 heavy (non-hydrogen) atoms. The number of aliphatic imine (C=N–C) groups is 1. The Labute approximate surface area is 232 Å². The van der Waals surface area contributed by atoms with Crippen molar-refractivity contribution in [2.75, 3.05) is 23.9 Å². The van der Waals surface area contributed by atoms with E-state index in [1.54, 1.807) is 36.7 Å². The summed E-state index contributed by atoms with van der Waals surface area (Å²) in [6, 6.07) is 21.1. The normalized spacial score (nSPS) is 12.2. The van der Waals surface area contributed by atoms with Crippen molar-refractivity contribution in [3.63, 3.8) is 0 Å². The van der Waals surface area contributed by atoms with Crippen LogP contribution in [-0.2, 0) is 17.8 Å². The van der Waals surface area contributed by atoms with Crippen molar-refractivity contribution in [2.45, 2.75) is 6.61 Å². The minimum atomic E-state index is -0.878.